The molecule has 0 spiro atoms. The summed E-state index contributed by atoms with van der Waals surface area (Å²) in [4.78, 5) is 11.3. The highest BCUT2D eigenvalue weighted by Crippen LogP contribution is 2.39. The number of sulfonamides is 2. The summed E-state index contributed by atoms with van der Waals surface area (Å²) in [6, 6.07) is 17.9. The van der Waals surface area contributed by atoms with Gasteiger partial charge in [-0.25, -0.2) is 36.2 Å². The molecule has 0 saturated carbocycles. The van der Waals surface area contributed by atoms with Gasteiger partial charge in [0.15, 0.2) is 5.69 Å². The molecule has 15 heteroatoms. The smallest absolute Gasteiger partial charge is 0.337 e. The van der Waals surface area contributed by atoms with E-state index in [0.29, 0.717) is 22.5 Å². The van der Waals surface area contributed by atoms with Crippen molar-refractivity contribution in [3.63, 3.8) is 0 Å². The Kier molecular flexibility index (Phi) is 8.24. The molecule has 4 rings (SSSR count). The average Bonchev–Trinajstić information content (AvgIpc) is 3.26. The van der Waals surface area contributed by atoms with Crippen molar-refractivity contribution in [1.29, 1.82) is 0 Å². The third-order valence-electron chi connectivity index (χ3n) is 6.00. The lowest BCUT2D eigenvalue weighted by Crippen LogP contribution is -2.40. The molecule has 3 aromatic carbocycles. The fourth-order valence-electron chi connectivity index (χ4n) is 4.06. The van der Waals surface area contributed by atoms with Crippen molar-refractivity contribution in [2.75, 3.05) is 6.54 Å². The summed E-state index contributed by atoms with van der Waals surface area (Å²) in [6.07, 6.45) is -4.39. The fraction of sp³-hybridized carbons (Fsp3) is 0.154. The number of primary sulfonamides is 1. The fourth-order valence-corrected chi connectivity index (χ4v) is 5.67. The number of hydrogen-bond donors (Lipinski definition) is 3. The Labute approximate surface area is 234 Å². The van der Waals surface area contributed by atoms with Gasteiger partial charge in [-0.2, -0.15) is 18.3 Å². The number of rotatable bonds is 8. The maximum Gasteiger partial charge on any atom is 0.435 e. The molecular formula is C26H24F3N5O5S2. The topological polar surface area (TPSA) is 153 Å². The van der Waals surface area contributed by atoms with Gasteiger partial charge in [-0.05, 0) is 54.8 Å². The van der Waals surface area contributed by atoms with Crippen LogP contribution in [0.5, 0.6) is 0 Å². The summed E-state index contributed by atoms with van der Waals surface area (Å²) >= 11 is 0. The number of carbonyl (C=O) groups is 1. The van der Waals surface area contributed by atoms with E-state index in [0.717, 1.165) is 18.2 Å². The molecule has 216 valence electrons. The van der Waals surface area contributed by atoms with Crippen molar-refractivity contribution in [3.05, 3.63) is 95.8 Å². The summed E-state index contributed by atoms with van der Waals surface area (Å²) in [7, 11) is -8.53. The van der Waals surface area contributed by atoms with Gasteiger partial charge in [0.05, 0.1) is 15.5 Å². The maximum atomic E-state index is 13.8. The quantitative estimate of drug-likeness (QED) is 0.277. The third kappa shape index (κ3) is 6.93. The first-order valence-corrected chi connectivity index (χ1v) is 14.9. The van der Waals surface area contributed by atoms with E-state index in [1.165, 1.54) is 10.7 Å². The van der Waals surface area contributed by atoms with Crippen LogP contribution in [0.25, 0.3) is 16.8 Å². The van der Waals surface area contributed by atoms with E-state index in [2.05, 4.69) is 10.4 Å². The number of halogens is 3. The van der Waals surface area contributed by atoms with Crippen LogP contribution >= 0.6 is 0 Å². The van der Waals surface area contributed by atoms with Crippen LogP contribution in [0.3, 0.4) is 0 Å². The van der Waals surface area contributed by atoms with Gasteiger partial charge in [-0.15, -0.1) is 0 Å². The first-order valence-electron chi connectivity index (χ1n) is 11.9. The zero-order chi connectivity index (χ0) is 30.0. The highest BCUT2D eigenvalue weighted by Gasteiger charge is 2.39. The van der Waals surface area contributed by atoms with Gasteiger partial charge in [0.25, 0.3) is 10.0 Å². The Morgan fingerprint density at radius 1 is 0.927 bits per heavy atom. The maximum absolute atomic E-state index is 13.8. The molecule has 4 N–H and O–H groups in total. The van der Waals surface area contributed by atoms with E-state index in [-0.39, 0.29) is 18.5 Å². The molecule has 0 fully saturated rings. The second-order valence-electron chi connectivity index (χ2n) is 8.88. The minimum atomic E-state index is -4.66. The van der Waals surface area contributed by atoms with Crippen LogP contribution in [0, 0.1) is 6.92 Å². The van der Waals surface area contributed by atoms with Crippen molar-refractivity contribution < 1.29 is 34.8 Å². The largest absolute Gasteiger partial charge is 0.435 e. The Balaban J connectivity index is 1.42. The first-order chi connectivity index (χ1) is 19.2. The number of nitrogens with one attached hydrogen (secondary N) is 2. The molecule has 41 heavy (non-hydrogen) atoms. The molecule has 0 aliphatic carbocycles. The highest BCUT2D eigenvalue weighted by atomic mass is 32.2. The lowest BCUT2D eigenvalue weighted by atomic mass is 10.0. The van der Waals surface area contributed by atoms with Gasteiger partial charge >= 0.3 is 12.2 Å². The van der Waals surface area contributed by atoms with Crippen LogP contribution in [0.1, 0.15) is 17.0 Å². The predicted molar refractivity (Wildman–Crippen MR) is 144 cm³/mol. The van der Waals surface area contributed by atoms with E-state index in [9.17, 15) is 34.8 Å². The summed E-state index contributed by atoms with van der Waals surface area (Å²) < 4.78 is 92.2. The normalized spacial score (nSPS) is 12.2. The Morgan fingerprint density at radius 3 is 2.17 bits per heavy atom. The van der Waals surface area contributed by atoms with Crippen molar-refractivity contribution >= 4 is 26.1 Å². The number of aromatic nitrogens is 2. The second-order valence-corrected chi connectivity index (χ2v) is 12.1. The zero-order valence-corrected chi connectivity index (χ0v) is 23.0. The SMILES string of the molecule is Cc1c(-c2ccccc2)c(C(F)(F)F)nn1-c1ccc(CCNC(=O)NS(=O)(=O)c2cccc(S(N)(=O)=O)c2)cc1. The molecule has 1 heterocycles. The monoisotopic (exact) mass is 607 g/mol. The molecule has 10 nitrogen and oxygen atoms in total. The summed E-state index contributed by atoms with van der Waals surface area (Å²) in [5.74, 6) is 0. The van der Waals surface area contributed by atoms with Crippen molar-refractivity contribution in [1.82, 2.24) is 19.8 Å². The van der Waals surface area contributed by atoms with Gasteiger partial charge in [0, 0.05) is 17.8 Å². The number of nitrogens with zero attached hydrogens (tertiary/aromatic N) is 2. The molecule has 0 aliphatic rings. The number of alkyl halides is 3. The second kappa shape index (κ2) is 11.3. The van der Waals surface area contributed by atoms with Crippen LogP contribution in [-0.4, -0.2) is 39.2 Å². The summed E-state index contributed by atoms with van der Waals surface area (Å²) in [6.45, 7) is 1.58. The minimum absolute atomic E-state index is 0.0104. The van der Waals surface area contributed by atoms with E-state index in [1.807, 2.05) is 0 Å². The Hall–Kier alpha value is -4.21. The van der Waals surface area contributed by atoms with E-state index >= 15 is 0 Å². The van der Waals surface area contributed by atoms with E-state index < -0.39 is 47.7 Å². The minimum Gasteiger partial charge on any atom is -0.337 e. The highest BCUT2D eigenvalue weighted by molar-refractivity contribution is 7.90. The molecule has 0 saturated heterocycles. The number of amides is 2. The molecule has 1 aromatic heterocycles. The first kappa shape index (κ1) is 29.8. The van der Waals surface area contributed by atoms with Crippen molar-refractivity contribution in [2.45, 2.75) is 29.3 Å². The molecule has 0 bridgehead atoms. The van der Waals surface area contributed by atoms with Gasteiger partial charge < -0.3 is 5.32 Å². The standard InChI is InChI=1S/C26H24F3N5O5S2/c1-17-23(19-6-3-2-4-7-19)24(26(27,28)29)32-34(17)20-12-10-18(11-13-20)14-15-31-25(35)33-41(38,39)22-9-5-8-21(16-22)40(30,36)37/h2-13,16H,14-15H2,1H3,(H2,30,36,37)(H2,31,33,35). The van der Waals surface area contributed by atoms with Crippen LogP contribution in [0.15, 0.2) is 88.7 Å². The zero-order valence-electron chi connectivity index (χ0n) is 21.4. The molecule has 4 aromatic rings. The van der Waals surface area contributed by atoms with Crippen LogP contribution < -0.4 is 15.2 Å². The van der Waals surface area contributed by atoms with E-state index in [1.54, 1.807) is 66.2 Å². The molecule has 0 atom stereocenters. The molecule has 0 unspecified atom stereocenters. The van der Waals surface area contributed by atoms with Gasteiger partial charge in [-0.3, -0.25) is 0 Å². The Bertz CT molecular complexity index is 1790. The summed E-state index contributed by atoms with van der Waals surface area (Å²) in [5.41, 5.74) is 0.809. The Morgan fingerprint density at radius 2 is 1.56 bits per heavy atom. The number of hydrogen-bond acceptors (Lipinski definition) is 6. The van der Waals surface area contributed by atoms with Crippen molar-refractivity contribution in [2.24, 2.45) is 5.14 Å². The van der Waals surface area contributed by atoms with Crippen molar-refractivity contribution in [3.8, 4) is 16.8 Å². The van der Waals surface area contributed by atoms with Gasteiger partial charge in [0.2, 0.25) is 10.0 Å². The number of nitrogens with two attached hydrogens (primary N) is 1. The van der Waals surface area contributed by atoms with Crippen LogP contribution in [0.4, 0.5) is 18.0 Å². The van der Waals surface area contributed by atoms with E-state index in [4.69, 9.17) is 5.14 Å². The lowest BCUT2D eigenvalue weighted by Gasteiger charge is -2.10. The van der Waals surface area contributed by atoms with Gasteiger partial charge in [-0.1, -0.05) is 48.5 Å². The van der Waals surface area contributed by atoms with Crippen LogP contribution in [-0.2, 0) is 32.6 Å². The number of urea groups is 1. The number of carbonyl (C=O) groups excluding carboxylic acids is 1. The van der Waals surface area contributed by atoms with Crippen LogP contribution in [0.2, 0.25) is 0 Å². The molecule has 0 aliphatic heterocycles. The van der Waals surface area contributed by atoms with Gasteiger partial charge in [0.1, 0.15) is 0 Å². The predicted octanol–water partition coefficient (Wildman–Crippen LogP) is 3.74. The number of benzene rings is 3. The summed E-state index contributed by atoms with van der Waals surface area (Å²) in [5, 5.41) is 11.3. The molecular weight excluding hydrogens is 583 g/mol. The third-order valence-corrected chi connectivity index (χ3v) is 8.24. The lowest BCUT2D eigenvalue weighted by molar-refractivity contribution is -0.140. The molecule has 2 amide bonds. The average molecular weight is 608 g/mol. The molecule has 0 radical (unpaired) electrons.